The molecule has 0 unspecified atom stereocenters. The van der Waals surface area contributed by atoms with Crippen molar-refractivity contribution < 1.29 is 4.42 Å². The van der Waals surface area contributed by atoms with Crippen molar-refractivity contribution in [3.63, 3.8) is 0 Å². The van der Waals surface area contributed by atoms with Crippen LogP contribution in [0.2, 0.25) is 0 Å². The summed E-state index contributed by atoms with van der Waals surface area (Å²) in [5, 5.41) is 12.4. The van der Waals surface area contributed by atoms with Gasteiger partial charge in [0.2, 0.25) is 5.13 Å². The molecule has 0 aliphatic heterocycles. The van der Waals surface area contributed by atoms with Gasteiger partial charge in [0.05, 0.1) is 12.8 Å². The summed E-state index contributed by atoms with van der Waals surface area (Å²) in [5.74, 6) is 1.79. The normalized spacial score (nSPS) is 10.8. The van der Waals surface area contributed by atoms with Crippen molar-refractivity contribution in [3.8, 4) is 0 Å². The molecule has 3 rings (SSSR count). The lowest BCUT2D eigenvalue weighted by molar-refractivity contribution is 0.518. The van der Waals surface area contributed by atoms with Crippen LogP contribution in [-0.2, 0) is 12.3 Å². The average molecular weight is 350 g/mol. The topological polar surface area (TPSA) is 51.0 Å². The number of benzene rings is 1. The van der Waals surface area contributed by atoms with Crippen LogP contribution in [-0.4, -0.2) is 16.5 Å². The van der Waals surface area contributed by atoms with Crippen LogP contribution in [0.5, 0.6) is 0 Å². The summed E-state index contributed by atoms with van der Waals surface area (Å²) in [6.45, 7) is 0.627. The van der Waals surface area contributed by atoms with Crippen LogP contribution in [0.15, 0.2) is 56.3 Å². The Hall–Kier alpha value is -1.44. The van der Waals surface area contributed by atoms with Crippen molar-refractivity contribution in [2.45, 2.75) is 21.5 Å². The second kappa shape index (κ2) is 7.71. The number of furan rings is 1. The summed E-state index contributed by atoms with van der Waals surface area (Å²) in [7, 11) is 0. The number of hydrogen-bond acceptors (Lipinski definition) is 7. The van der Waals surface area contributed by atoms with E-state index in [2.05, 4.69) is 46.0 Å². The molecular formula is C15H15N3OS3. The third-order valence-electron chi connectivity index (χ3n) is 2.92. The van der Waals surface area contributed by atoms with Crippen LogP contribution in [0.25, 0.3) is 0 Å². The molecular weight excluding hydrogens is 334 g/mol. The zero-order valence-corrected chi connectivity index (χ0v) is 14.4. The van der Waals surface area contributed by atoms with E-state index in [9.17, 15) is 0 Å². The van der Waals surface area contributed by atoms with Gasteiger partial charge in [-0.25, -0.2) is 0 Å². The maximum atomic E-state index is 5.27. The highest BCUT2D eigenvalue weighted by atomic mass is 32.2. The van der Waals surface area contributed by atoms with Gasteiger partial charge < -0.3 is 9.73 Å². The lowest BCUT2D eigenvalue weighted by atomic mass is 10.2. The highest BCUT2D eigenvalue weighted by Gasteiger charge is 2.06. The summed E-state index contributed by atoms with van der Waals surface area (Å²) in [6, 6.07) is 12.4. The van der Waals surface area contributed by atoms with Crippen molar-refractivity contribution in [1.29, 1.82) is 0 Å². The Morgan fingerprint density at radius 2 is 2.05 bits per heavy atom. The van der Waals surface area contributed by atoms with Gasteiger partial charge in [0.25, 0.3) is 0 Å². The molecule has 1 N–H and O–H groups in total. The van der Waals surface area contributed by atoms with E-state index in [4.69, 9.17) is 4.42 Å². The second-order valence-corrected chi connectivity index (χ2v) is 7.52. The summed E-state index contributed by atoms with van der Waals surface area (Å²) in [5.41, 5.74) is 1.29. The Kier molecular flexibility index (Phi) is 5.42. The number of hydrogen-bond donors (Lipinski definition) is 1. The first kappa shape index (κ1) is 15.5. The van der Waals surface area contributed by atoms with E-state index in [-0.39, 0.29) is 0 Å². The van der Waals surface area contributed by atoms with Crippen LogP contribution in [0.4, 0.5) is 5.13 Å². The molecule has 0 radical (unpaired) electrons. The standard InChI is InChI=1S/C15H15N3OS3/c1-20-13-6-4-11(5-7-13)10-21-15-18-17-14(22-15)16-9-12-3-2-8-19-12/h2-8H,9-10H2,1H3,(H,16,17). The van der Waals surface area contributed by atoms with Crippen LogP contribution >= 0.6 is 34.9 Å². The zero-order chi connectivity index (χ0) is 15.2. The molecule has 0 bridgehead atoms. The van der Waals surface area contributed by atoms with Crippen molar-refractivity contribution in [3.05, 3.63) is 54.0 Å². The van der Waals surface area contributed by atoms with Gasteiger partial charge in [-0.15, -0.1) is 22.0 Å². The van der Waals surface area contributed by atoms with E-state index in [0.29, 0.717) is 6.54 Å². The molecule has 114 valence electrons. The number of rotatable bonds is 7. The van der Waals surface area contributed by atoms with Crippen molar-refractivity contribution in [1.82, 2.24) is 10.2 Å². The molecule has 0 saturated carbocycles. The molecule has 2 aromatic heterocycles. The van der Waals surface area contributed by atoms with Crippen molar-refractivity contribution in [2.24, 2.45) is 0 Å². The van der Waals surface area contributed by atoms with Crippen molar-refractivity contribution >= 4 is 40.0 Å². The van der Waals surface area contributed by atoms with E-state index in [1.54, 1.807) is 41.1 Å². The predicted octanol–water partition coefficient (Wildman–Crippen LogP) is 4.76. The Morgan fingerprint density at radius 1 is 1.18 bits per heavy atom. The number of nitrogens with zero attached hydrogens (tertiary/aromatic N) is 2. The molecule has 0 amide bonds. The van der Waals surface area contributed by atoms with Crippen molar-refractivity contribution in [2.75, 3.05) is 11.6 Å². The van der Waals surface area contributed by atoms with Crippen LogP contribution in [0.3, 0.4) is 0 Å². The van der Waals surface area contributed by atoms with Gasteiger partial charge >= 0.3 is 0 Å². The zero-order valence-electron chi connectivity index (χ0n) is 12.0. The first-order valence-corrected chi connectivity index (χ1v) is 9.71. The van der Waals surface area contributed by atoms with Gasteiger partial charge in [-0.2, -0.15) is 0 Å². The van der Waals surface area contributed by atoms with Gasteiger partial charge in [-0.3, -0.25) is 0 Å². The minimum atomic E-state index is 0.627. The molecule has 4 nitrogen and oxygen atoms in total. The summed E-state index contributed by atoms with van der Waals surface area (Å²) in [4.78, 5) is 1.29. The van der Waals surface area contributed by atoms with Crippen LogP contribution in [0, 0.1) is 0 Å². The number of anilines is 1. The number of aromatic nitrogens is 2. The first-order chi connectivity index (χ1) is 10.8. The Balaban J connectivity index is 1.50. The van der Waals surface area contributed by atoms with Gasteiger partial charge in [-0.05, 0) is 36.1 Å². The first-order valence-electron chi connectivity index (χ1n) is 6.69. The van der Waals surface area contributed by atoms with E-state index in [0.717, 1.165) is 21.0 Å². The largest absolute Gasteiger partial charge is 0.467 e. The Morgan fingerprint density at radius 3 is 2.77 bits per heavy atom. The monoisotopic (exact) mass is 349 g/mol. The fraction of sp³-hybridized carbons (Fsp3) is 0.200. The minimum absolute atomic E-state index is 0.627. The second-order valence-electron chi connectivity index (χ2n) is 4.44. The molecule has 2 heterocycles. The lowest BCUT2D eigenvalue weighted by Gasteiger charge is -2.00. The molecule has 3 aromatic rings. The molecule has 0 saturated heterocycles. The van der Waals surface area contributed by atoms with Crippen LogP contribution in [0.1, 0.15) is 11.3 Å². The average Bonchev–Trinajstić information content (AvgIpc) is 3.23. The lowest BCUT2D eigenvalue weighted by Crippen LogP contribution is -1.96. The van der Waals surface area contributed by atoms with Gasteiger partial charge in [0.15, 0.2) is 4.34 Å². The third kappa shape index (κ3) is 4.28. The number of nitrogens with one attached hydrogen (secondary N) is 1. The maximum absolute atomic E-state index is 5.27. The minimum Gasteiger partial charge on any atom is -0.467 e. The molecule has 7 heteroatoms. The molecule has 0 atom stereocenters. The quantitative estimate of drug-likeness (QED) is 0.621. The third-order valence-corrected chi connectivity index (χ3v) is 5.75. The molecule has 1 aromatic carbocycles. The fourth-order valence-corrected chi connectivity index (χ4v) is 3.89. The Bertz CT molecular complexity index is 695. The molecule has 0 aliphatic rings. The molecule has 0 spiro atoms. The fourth-order valence-electron chi connectivity index (χ4n) is 1.78. The smallest absolute Gasteiger partial charge is 0.206 e. The van der Waals surface area contributed by atoms with E-state index in [1.807, 2.05) is 12.1 Å². The Labute approximate surface area is 141 Å². The van der Waals surface area contributed by atoms with Gasteiger partial charge in [-0.1, -0.05) is 35.2 Å². The van der Waals surface area contributed by atoms with E-state index in [1.165, 1.54) is 10.5 Å². The van der Waals surface area contributed by atoms with Gasteiger partial charge in [0.1, 0.15) is 5.76 Å². The van der Waals surface area contributed by atoms with E-state index >= 15 is 0 Å². The highest BCUT2D eigenvalue weighted by Crippen LogP contribution is 2.29. The maximum Gasteiger partial charge on any atom is 0.206 e. The molecule has 0 fully saturated rings. The van der Waals surface area contributed by atoms with Gasteiger partial charge in [0, 0.05) is 10.6 Å². The SMILES string of the molecule is CSc1ccc(CSc2nnc(NCc3ccco3)s2)cc1. The number of thioether (sulfide) groups is 2. The highest BCUT2D eigenvalue weighted by molar-refractivity contribution is 8.00. The predicted molar refractivity (Wildman–Crippen MR) is 93.7 cm³/mol. The summed E-state index contributed by atoms with van der Waals surface area (Å²) in [6.07, 6.45) is 3.75. The summed E-state index contributed by atoms with van der Waals surface area (Å²) >= 11 is 5.03. The molecule has 22 heavy (non-hydrogen) atoms. The van der Waals surface area contributed by atoms with Crippen LogP contribution < -0.4 is 5.32 Å². The van der Waals surface area contributed by atoms with E-state index < -0.39 is 0 Å². The molecule has 0 aliphatic carbocycles. The summed E-state index contributed by atoms with van der Waals surface area (Å²) < 4.78 is 6.24.